The second-order valence-electron chi connectivity index (χ2n) is 4.24. The number of rotatable bonds is 4. The zero-order valence-corrected chi connectivity index (χ0v) is 9.88. The molecular formula is C14H20O. The van der Waals surface area contributed by atoms with E-state index in [2.05, 4.69) is 39.0 Å². The first-order valence-electron chi connectivity index (χ1n) is 5.46. The van der Waals surface area contributed by atoms with E-state index in [9.17, 15) is 0 Å². The van der Waals surface area contributed by atoms with Gasteiger partial charge in [-0.2, -0.15) is 0 Å². The number of hydrogen-bond donors (Lipinski definition) is 1. The topological polar surface area (TPSA) is 20.2 Å². The molecule has 1 rings (SSSR count). The zero-order valence-electron chi connectivity index (χ0n) is 9.88. The molecule has 1 heteroatoms. The van der Waals surface area contributed by atoms with Crippen molar-refractivity contribution in [3.8, 4) is 0 Å². The normalized spacial score (nSPS) is 10.1. The van der Waals surface area contributed by atoms with Gasteiger partial charge in [0.25, 0.3) is 0 Å². The van der Waals surface area contributed by atoms with Crippen molar-refractivity contribution < 1.29 is 5.11 Å². The maximum absolute atomic E-state index is 9.05. The van der Waals surface area contributed by atoms with Gasteiger partial charge >= 0.3 is 0 Å². The minimum Gasteiger partial charge on any atom is -0.392 e. The smallest absolute Gasteiger partial charge is 0.0684 e. The highest BCUT2D eigenvalue weighted by molar-refractivity contribution is 5.30. The number of aliphatic hydroxyl groups excluding tert-OH is 1. The summed E-state index contributed by atoms with van der Waals surface area (Å²) in [4.78, 5) is 0. The van der Waals surface area contributed by atoms with Crippen LogP contribution in [0, 0.1) is 6.92 Å². The predicted molar refractivity (Wildman–Crippen MR) is 64.9 cm³/mol. The van der Waals surface area contributed by atoms with Crippen LogP contribution < -0.4 is 0 Å². The molecule has 0 aromatic heterocycles. The molecule has 0 spiro atoms. The average molecular weight is 204 g/mol. The highest BCUT2D eigenvalue weighted by Gasteiger charge is 1.98. The van der Waals surface area contributed by atoms with Crippen molar-refractivity contribution in [3.05, 3.63) is 46.5 Å². The summed E-state index contributed by atoms with van der Waals surface area (Å²) >= 11 is 0. The van der Waals surface area contributed by atoms with Gasteiger partial charge in [0.05, 0.1) is 6.61 Å². The fourth-order valence-corrected chi connectivity index (χ4v) is 1.62. The van der Waals surface area contributed by atoms with Gasteiger partial charge in [-0.1, -0.05) is 29.8 Å². The van der Waals surface area contributed by atoms with Gasteiger partial charge in [0, 0.05) is 0 Å². The molecule has 0 amide bonds. The summed E-state index contributed by atoms with van der Waals surface area (Å²) in [5.74, 6) is 0. The lowest BCUT2D eigenvalue weighted by Gasteiger charge is -2.05. The summed E-state index contributed by atoms with van der Waals surface area (Å²) in [7, 11) is 0. The van der Waals surface area contributed by atoms with E-state index >= 15 is 0 Å². The third kappa shape index (κ3) is 3.88. The molecule has 15 heavy (non-hydrogen) atoms. The van der Waals surface area contributed by atoms with Gasteiger partial charge in [0.15, 0.2) is 0 Å². The molecule has 82 valence electrons. The second-order valence-corrected chi connectivity index (χ2v) is 4.24. The number of aliphatic hydroxyl groups is 1. The summed E-state index contributed by atoms with van der Waals surface area (Å²) < 4.78 is 0. The molecule has 0 bridgehead atoms. The summed E-state index contributed by atoms with van der Waals surface area (Å²) in [6.07, 6.45) is 4.44. The maximum atomic E-state index is 9.05. The minimum absolute atomic E-state index is 0.139. The molecule has 0 aliphatic heterocycles. The molecule has 0 heterocycles. The van der Waals surface area contributed by atoms with E-state index < -0.39 is 0 Å². The molecule has 0 saturated heterocycles. The van der Waals surface area contributed by atoms with E-state index in [1.807, 2.05) is 6.07 Å². The standard InChI is InChI=1S/C14H20O/c1-11(2)5-4-6-13-7-8-14(10-15)12(3)9-13/h5,7-9,15H,4,6,10H2,1-3H3. The first-order valence-corrected chi connectivity index (χ1v) is 5.46. The Morgan fingerprint density at radius 1 is 1.33 bits per heavy atom. The van der Waals surface area contributed by atoms with Gasteiger partial charge in [-0.25, -0.2) is 0 Å². The maximum Gasteiger partial charge on any atom is 0.0684 e. The first-order chi connectivity index (χ1) is 7.13. The summed E-state index contributed by atoms with van der Waals surface area (Å²) in [5, 5.41) is 9.05. The lowest BCUT2D eigenvalue weighted by Crippen LogP contribution is -1.91. The molecule has 0 radical (unpaired) electrons. The van der Waals surface area contributed by atoms with E-state index in [-0.39, 0.29) is 6.61 Å². The van der Waals surface area contributed by atoms with Crippen molar-refractivity contribution in [2.75, 3.05) is 0 Å². The third-order valence-corrected chi connectivity index (χ3v) is 2.56. The Morgan fingerprint density at radius 2 is 2.07 bits per heavy atom. The van der Waals surface area contributed by atoms with Crippen LogP contribution in [0.4, 0.5) is 0 Å². The van der Waals surface area contributed by atoms with Crippen molar-refractivity contribution in [2.45, 2.75) is 40.2 Å². The quantitative estimate of drug-likeness (QED) is 0.745. The van der Waals surface area contributed by atoms with Crippen molar-refractivity contribution >= 4 is 0 Å². The van der Waals surface area contributed by atoms with Crippen LogP contribution in [0.3, 0.4) is 0 Å². The lowest BCUT2D eigenvalue weighted by molar-refractivity contribution is 0.281. The molecule has 1 aromatic carbocycles. The lowest BCUT2D eigenvalue weighted by atomic mass is 10.0. The van der Waals surface area contributed by atoms with Gasteiger partial charge in [0.1, 0.15) is 0 Å². The van der Waals surface area contributed by atoms with Crippen LogP contribution in [-0.4, -0.2) is 5.11 Å². The molecule has 0 fully saturated rings. The third-order valence-electron chi connectivity index (χ3n) is 2.56. The monoisotopic (exact) mass is 204 g/mol. The molecule has 0 unspecified atom stereocenters. The molecule has 1 nitrogen and oxygen atoms in total. The molecule has 1 aromatic rings. The van der Waals surface area contributed by atoms with E-state index in [4.69, 9.17) is 5.11 Å². The van der Waals surface area contributed by atoms with Crippen molar-refractivity contribution in [3.63, 3.8) is 0 Å². The van der Waals surface area contributed by atoms with Crippen molar-refractivity contribution in [2.24, 2.45) is 0 Å². The zero-order chi connectivity index (χ0) is 11.3. The SMILES string of the molecule is CC(C)=CCCc1ccc(CO)c(C)c1. The first kappa shape index (κ1) is 12.0. The fourth-order valence-electron chi connectivity index (χ4n) is 1.62. The van der Waals surface area contributed by atoms with E-state index in [0.717, 1.165) is 18.4 Å². The van der Waals surface area contributed by atoms with Crippen LogP contribution in [0.5, 0.6) is 0 Å². The summed E-state index contributed by atoms with van der Waals surface area (Å²) in [5.41, 5.74) is 4.94. The van der Waals surface area contributed by atoms with Crippen LogP contribution in [0.25, 0.3) is 0 Å². The van der Waals surface area contributed by atoms with Crippen LogP contribution >= 0.6 is 0 Å². The minimum atomic E-state index is 0.139. The second kappa shape index (κ2) is 5.72. The highest BCUT2D eigenvalue weighted by atomic mass is 16.3. The molecule has 1 N–H and O–H groups in total. The Labute approximate surface area is 92.5 Å². The Kier molecular flexibility index (Phi) is 4.57. The van der Waals surface area contributed by atoms with Gasteiger partial charge in [-0.05, 0) is 50.3 Å². The van der Waals surface area contributed by atoms with E-state index in [0.29, 0.717) is 0 Å². The van der Waals surface area contributed by atoms with Gasteiger partial charge in [-0.15, -0.1) is 0 Å². The van der Waals surface area contributed by atoms with Gasteiger partial charge < -0.3 is 5.11 Å². The largest absolute Gasteiger partial charge is 0.392 e. The fraction of sp³-hybridized carbons (Fsp3) is 0.429. The number of benzene rings is 1. The molecule has 0 saturated carbocycles. The van der Waals surface area contributed by atoms with Crippen LogP contribution in [0.1, 0.15) is 37.0 Å². The molecular weight excluding hydrogens is 184 g/mol. The summed E-state index contributed by atoms with van der Waals surface area (Å²) in [6.45, 7) is 6.44. The summed E-state index contributed by atoms with van der Waals surface area (Å²) in [6, 6.07) is 6.30. The number of hydrogen-bond acceptors (Lipinski definition) is 1. The Hall–Kier alpha value is -1.08. The van der Waals surface area contributed by atoms with Crippen molar-refractivity contribution in [1.82, 2.24) is 0 Å². The molecule has 0 aliphatic rings. The highest BCUT2D eigenvalue weighted by Crippen LogP contribution is 2.13. The number of aryl methyl sites for hydroxylation is 2. The Balaban J connectivity index is 2.63. The average Bonchev–Trinajstić information content (AvgIpc) is 2.17. The Morgan fingerprint density at radius 3 is 2.60 bits per heavy atom. The molecule has 0 atom stereocenters. The van der Waals surface area contributed by atoms with E-state index in [1.165, 1.54) is 16.7 Å². The van der Waals surface area contributed by atoms with Gasteiger partial charge in [0.2, 0.25) is 0 Å². The molecule has 0 aliphatic carbocycles. The van der Waals surface area contributed by atoms with Crippen LogP contribution in [-0.2, 0) is 13.0 Å². The van der Waals surface area contributed by atoms with E-state index in [1.54, 1.807) is 0 Å². The van der Waals surface area contributed by atoms with Gasteiger partial charge in [-0.3, -0.25) is 0 Å². The van der Waals surface area contributed by atoms with Crippen molar-refractivity contribution in [1.29, 1.82) is 0 Å². The Bertz CT molecular complexity index is 346. The van der Waals surface area contributed by atoms with Crippen LogP contribution in [0.15, 0.2) is 29.8 Å². The van der Waals surface area contributed by atoms with Crippen LogP contribution in [0.2, 0.25) is 0 Å². The number of allylic oxidation sites excluding steroid dienone is 2. The predicted octanol–water partition coefficient (Wildman–Crippen LogP) is 3.39.